The van der Waals surface area contributed by atoms with Crippen molar-refractivity contribution in [3.05, 3.63) is 75.3 Å². The van der Waals surface area contributed by atoms with E-state index in [2.05, 4.69) is 5.32 Å². The lowest BCUT2D eigenvalue weighted by Gasteiger charge is -2.18. The predicted octanol–water partition coefficient (Wildman–Crippen LogP) is 3.08. The lowest BCUT2D eigenvalue weighted by molar-refractivity contribution is -0.385. The normalized spacial score (nSPS) is 14.3. The molecule has 1 aliphatic carbocycles. The quantitative estimate of drug-likeness (QED) is 0.488. The summed E-state index contributed by atoms with van der Waals surface area (Å²) in [6, 6.07) is 12.9. The minimum absolute atomic E-state index is 0.0300. The number of amides is 1. The number of aryl methyl sites for hydroxylation is 1. The summed E-state index contributed by atoms with van der Waals surface area (Å²) in [7, 11) is 0. The van der Waals surface area contributed by atoms with E-state index in [0.29, 0.717) is 11.1 Å². The number of hydrogen-bond acceptors (Lipinski definition) is 5. The summed E-state index contributed by atoms with van der Waals surface area (Å²) < 4.78 is 5.41. The first-order chi connectivity index (χ1) is 12.5. The van der Waals surface area contributed by atoms with Crippen molar-refractivity contribution >= 4 is 17.6 Å². The molecule has 0 aromatic heterocycles. The number of nitrogens with one attached hydrogen (secondary N) is 1. The zero-order valence-corrected chi connectivity index (χ0v) is 14.2. The number of benzene rings is 2. The van der Waals surface area contributed by atoms with Gasteiger partial charge < -0.3 is 10.1 Å². The molecule has 0 bridgehead atoms. The number of carbonyl (C=O) groups excluding carboxylic acids is 2. The van der Waals surface area contributed by atoms with Gasteiger partial charge in [-0.05, 0) is 25.8 Å². The van der Waals surface area contributed by atoms with Crippen molar-refractivity contribution in [1.82, 2.24) is 5.32 Å². The smallest absolute Gasteiger partial charge is 0.339 e. The average Bonchev–Trinajstić information content (AvgIpc) is 3.44. The summed E-state index contributed by atoms with van der Waals surface area (Å²) in [5.74, 6) is -1.18. The molecule has 134 valence electrons. The molecule has 7 nitrogen and oxygen atoms in total. The molecule has 1 atom stereocenters. The monoisotopic (exact) mass is 354 g/mol. The van der Waals surface area contributed by atoms with Gasteiger partial charge >= 0.3 is 5.97 Å². The summed E-state index contributed by atoms with van der Waals surface area (Å²) in [6.45, 7) is 1.59. The molecular formula is C19H18N2O5. The van der Waals surface area contributed by atoms with E-state index in [1.165, 1.54) is 18.2 Å². The van der Waals surface area contributed by atoms with Crippen LogP contribution in [0.15, 0.2) is 48.5 Å². The van der Waals surface area contributed by atoms with Crippen LogP contribution in [0.3, 0.4) is 0 Å². The summed E-state index contributed by atoms with van der Waals surface area (Å²) in [5, 5.41) is 13.9. The first-order valence-corrected chi connectivity index (χ1v) is 8.27. The van der Waals surface area contributed by atoms with Crippen molar-refractivity contribution in [3.63, 3.8) is 0 Å². The second-order valence-electron chi connectivity index (χ2n) is 6.24. The summed E-state index contributed by atoms with van der Waals surface area (Å²) in [5.41, 5.74) is 0.846. The number of nitrogens with zero attached hydrogens (tertiary/aromatic N) is 1. The maximum absolute atomic E-state index is 12.5. The van der Waals surface area contributed by atoms with Crippen LogP contribution in [0.4, 0.5) is 5.69 Å². The van der Waals surface area contributed by atoms with Crippen LogP contribution >= 0.6 is 0 Å². The molecule has 3 rings (SSSR count). The first-order valence-electron chi connectivity index (χ1n) is 8.27. The molecule has 0 saturated heterocycles. The van der Waals surface area contributed by atoms with E-state index in [0.717, 1.165) is 12.8 Å². The van der Waals surface area contributed by atoms with E-state index in [1.807, 2.05) is 0 Å². The Morgan fingerprint density at radius 1 is 1.19 bits per heavy atom. The van der Waals surface area contributed by atoms with Gasteiger partial charge in [0.1, 0.15) is 0 Å². The molecule has 0 unspecified atom stereocenters. The Hall–Kier alpha value is -3.22. The standard InChI is InChI=1S/C19H18N2O5/c1-12-7-8-14(11-16(12)21(24)25)19(23)26-17(13-5-3-2-4-6-13)18(22)20-15-9-10-15/h2-8,11,15,17H,9-10H2,1H3,(H,20,22)/t17-/m0/s1. The van der Waals surface area contributed by atoms with Crippen molar-refractivity contribution in [2.24, 2.45) is 0 Å². The van der Waals surface area contributed by atoms with Crippen LogP contribution in [0.1, 0.15) is 40.4 Å². The molecule has 2 aromatic rings. The number of esters is 1. The van der Waals surface area contributed by atoms with Crippen LogP contribution in [0.25, 0.3) is 0 Å². The average molecular weight is 354 g/mol. The first kappa shape index (κ1) is 17.6. The highest BCUT2D eigenvalue weighted by Crippen LogP contribution is 2.25. The lowest BCUT2D eigenvalue weighted by Crippen LogP contribution is -2.33. The Labute approximate surface area is 150 Å². The highest BCUT2D eigenvalue weighted by Gasteiger charge is 2.31. The van der Waals surface area contributed by atoms with Crippen LogP contribution in [0.2, 0.25) is 0 Å². The van der Waals surface area contributed by atoms with Crippen LogP contribution in [-0.2, 0) is 9.53 Å². The number of ether oxygens (including phenoxy) is 1. The third-order valence-electron chi connectivity index (χ3n) is 4.13. The molecule has 1 saturated carbocycles. The van der Waals surface area contributed by atoms with E-state index in [1.54, 1.807) is 37.3 Å². The fourth-order valence-electron chi connectivity index (χ4n) is 2.51. The van der Waals surface area contributed by atoms with Gasteiger partial charge in [0.2, 0.25) is 6.10 Å². The predicted molar refractivity (Wildman–Crippen MR) is 93.6 cm³/mol. The third kappa shape index (κ3) is 4.05. The topological polar surface area (TPSA) is 98.5 Å². The minimum atomic E-state index is -1.11. The molecule has 1 aliphatic rings. The van der Waals surface area contributed by atoms with Gasteiger partial charge in [-0.2, -0.15) is 0 Å². The lowest BCUT2D eigenvalue weighted by atomic mass is 10.1. The minimum Gasteiger partial charge on any atom is -0.444 e. The van der Waals surface area contributed by atoms with Crippen LogP contribution < -0.4 is 5.32 Å². The van der Waals surface area contributed by atoms with Gasteiger partial charge in [0.25, 0.3) is 11.6 Å². The van der Waals surface area contributed by atoms with E-state index in [9.17, 15) is 19.7 Å². The van der Waals surface area contributed by atoms with Crippen molar-refractivity contribution in [2.45, 2.75) is 31.9 Å². The van der Waals surface area contributed by atoms with Gasteiger partial charge in [-0.3, -0.25) is 14.9 Å². The zero-order valence-electron chi connectivity index (χ0n) is 14.2. The van der Waals surface area contributed by atoms with E-state index in [-0.39, 0.29) is 17.3 Å². The van der Waals surface area contributed by atoms with Crippen LogP contribution in [0.5, 0.6) is 0 Å². The number of carbonyl (C=O) groups is 2. The highest BCUT2D eigenvalue weighted by molar-refractivity contribution is 5.93. The Morgan fingerprint density at radius 3 is 2.50 bits per heavy atom. The van der Waals surface area contributed by atoms with Gasteiger partial charge in [-0.1, -0.05) is 36.4 Å². The summed E-state index contributed by atoms with van der Waals surface area (Å²) in [4.78, 5) is 35.5. The maximum Gasteiger partial charge on any atom is 0.339 e. The zero-order chi connectivity index (χ0) is 18.7. The molecule has 7 heteroatoms. The van der Waals surface area contributed by atoms with Crippen LogP contribution in [0, 0.1) is 17.0 Å². The molecule has 26 heavy (non-hydrogen) atoms. The molecule has 1 N–H and O–H groups in total. The number of nitro benzene ring substituents is 1. The Bertz CT molecular complexity index is 846. The van der Waals surface area contributed by atoms with Crippen LogP contribution in [-0.4, -0.2) is 22.8 Å². The van der Waals surface area contributed by atoms with E-state index in [4.69, 9.17) is 4.74 Å². The molecule has 0 spiro atoms. The molecule has 0 aliphatic heterocycles. The fourth-order valence-corrected chi connectivity index (χ4v) is 2.51. The van der Waals surface area contributed by atoms with Gasteiger partial charge in [0, 0.05) is 23.2 Å². The fraction of sp³-hybridized carbons (Fsp3) is 0.263. The van der Waals surface area contributed by atoms with Gasteiger partial charge in [-0.25, -0.2) is 4.79 Å². The summed E-state index contributed by atoms with van der Waals surface area (Å²) in [6.07, 6.45) is 0.709. The molecule has 2 aromatic carbocycles. The third-order valence-corrected chi connectivity index (χ3v) is 4.13. The number of hydrogen-bond donors (Lipinski definition) is 1. The second-order valence-corrected chi connectivity index (χ2v) is 6.24. The van der Waals surface area contributed by atoms with Crippen molar-refractivity contribution in [1.29, 1.82) is 0 Å². The molecule has 1 amide bonds. The largest absolute Gasteiger partial charge is 0.444 e. The van der Waals surface area contributed by atoms with Crippen molar-refractivity contribution < 1.29 is 19.2 Å². The Kier molecular flexibility index (Phi) is 4.97. The molecular weight excluding hydrogens is 336 g/mol. The Balaban J connectivity index is 1.84. The van der Waals surface area contributed by atoms with E-state index >= 15 is 0 Å². The van der Waals surface area contributed by atoms with Gasteiger partial charge in [0.15, 0.2) is 0 Å². The number of nitro groups is 1. The van der Waals surface area contributed by atoms with Gasteiger partial charge in [-0.15, -0.1) is 0 Å². The SMILES string of the molecule is Cc1ccc(C(=O)O[C@H](C(=O)NC2CC2)c2ccccc2)cc1[N+](=O)[O-]. The molecule has 0 radical (unpaired) electrons. The second kappa shape index (κ2) is 7.35. The van der Waals surface area contributed by atoms with Gasteiger partial charge in [0.05, 0.1) is 10.5 Å². The summed E-state index contributed by atoms with van der Waals surface area (Å²) >= 11 is 0. The number of rotatable bonds is 6. The molecule has 1 fully saturated rings. The highest BCUT2D eigenvalue weighted by atomic mass is 16.6. The Morgan fingerprint density at radius 2 is 1.88 bits per heavy atom. The maximum atomic E-state index is 12.5. The molecule has 0 heterocycles. The van der Waals surface area contributed by atoms with Crippen molar-refractivity contribution in [3.8, 4) is 0 Å². The van der Waals surface area contributed by atoms with E-state index < -0.39 is 22.9 Å². The van der Waals surface area contributed by atoms with Crippen molar-refractivity contribution in [2.75, 3.05) is 0 Å².